The smallest absolute Gasteiger partial charge is 0.229 e. The molecule has 0 spiro atoms. The third-order valence-corrected chi connectivity index (χ3v) is 4.59. The number of anilines is 3. The average molecular weight is 336 g/mol. The first-order chi connectivity index (χ1) is 12.1. The molecule has 1 aliphatic carbocycles. The molecule has 1 heterocycles. The number of hydrogen-bond acceptors (Lipinski definition) is 4. The molecule has 2 N–H and O–H groups in total. The van der Waals surface area contributed by atoms with Gasteiger partial charge in [-0.15, -0.1) is 0 Å². The SMILES string of the molecule is Cc1cc(F)cc(Nc2nc(N[C@H](C)C3CC3)c3ccccc3n2)c1. The first kappa shape index (κ1) is 15.8. The minimum Gasteiger partial charge on any atom is -0.367 e. The lowest BCUT2D eigenvalue weighted by molar-refractivity contribution is 0.627. The Hall–Kier alpha value is -2.69. The Balaban J connectivity index is 1.70. The van der Waals surface area contributed by atoms with Gasteiger partial charge in [0.05, 0.1) is 5.52 Å². The molecule has 2 aromatic carbocycles. The Bertz CT molecular complexity index is 900. The van der Waals surface area contributed by atoms with Crippen LogP contribution in [0.15, 0.2) is 42.5 Å². The minimum absolute atomic E-state index is 0.274. The molecule has 1 fully saturated rings. The fraction of sp³-hybridized carbons (Fsp3) is 0.300. The summed E-state index contributed by atoms with van der Waals surface area (Å²) >= 11 is 0. The Morgan fingerprint density at radius 3 is 2.68 bits per heavy atom. The predicted molar refractivity (Wildman–Crippen MR) is 99.8 cm³/mol. The number of rotatable bonds is 5. The van der Waals surface area contributed by atoms with E-state index in [-0.39, 0.29) is 5.82 Å². The lowest BCUT2D eigenvalue weighted by Crippen LogP contribution is -2.19. The molecule has 25 heavy (non-hydrogen) atoms. The second-order valence-electron chi connectivity index (χ2n) is 6.83. The topological polar surface area (TPSA) is 49.8 Å². The van der Waals surface area contributed by atoms with E-state index in [1.54, 1.807) is 0 Å². The summed E-state index contributed by atoms with van der Waals surface area (Å²) in [5.41, 5.74) is 2.36. The fourth-order valence-corrected chi connectivity index (χ4v) is 3.11. The van der Waals surface area contributed by atoms with Crippen molar-refractivity contribution in [1.82, 2.24) is 9.97 Å². The minimum atomic E-state index is -0.274. The van der Waals surface area contributed by atoms with Crippen molar-refractivity contribution in [2.75, 3.05) is 10.6 Å². The van der Waals surface area contributed by atoms with Gasteiger partial charge in [0.25, 0.3) is 0 Å². The van der Waals surface area contributed by atoms with E-state index in [1.165, 1.54) is 25.0 Å². The molecule has 0 aliphatic heterocycles. The van der Waals surface area contributed by atoms with Crippen LogP contribution < -0.4 is 10.6 Å². The van der Waals surface area contributed by atoms with E-state index in [2.05, 4.69) is 27.5 Å². The molecule has 1 atom stereocenters. The summed E-state index contributed by atoms with van der Waals surface area (Å²) in [5.74, 6) is 1.73. The van der Waals surface area contributed by atoms with Crippen LogP contribution in [-0.4, -0.2) is 16.0 Å². The summed E-state index contributed by atoms with van der Waals surface area (Å²) in [7, 11) is 0. The number of fused-ring (bicyclic) bond motifs is 1. The third kappa shape index (κ3) is 3.55. The zero-order chi connectivity index (χ0) is 17.4. The van der Waals surface area contributed by atoms with Crippen LogP contribution in [0.1, 0.15) is 25.3 Å². The van der Waals surface area contributed by atoms with Crippen LogP contribution in [-0.2, 0) is 0 Å². The van der Waals surface area contributed by atoms with Crippen molar-refractivity contribution in [3.63, 3.8) is 0 Å². The van der Waals surface area contributed by atoms with Crippen molar-refractivity contribution in [3.05, 3.63) is 53.8 Å². The van der Waals surface area contributed by atoms with Gasteiger partial charge in [-0.2, -0.15) is 4.98 Å². The highest BCUT2D eigenvalue weighted by Crippen LogP contribution is 2.35. The Labute approximate surface area is 146 Å². The molecule has 1 aromatic heterocycles. The molecule has 4 rings (SSSR count). The van der Waals surface area contributed by atoms with Crippen molar-refractivity contribution >= 4 is 28.4 Å². The highest BCUT2D eigenvalue weighted by atomic mass is 19.1. The van der Waals surface area contributed by atoms with Gasteiger partial charge in [0.15, 0.2) is 0 Å². The number of nitrogens with one attached hydrogen (secondary N) is 2. The molecule has 0 bridgehead atoms. The van der Waals surface area contributed by atoms with E-state index < -0.39 is 0 Å². The Morgan fingerprint density at radius 2 is 1.92 bits per heavy atom. The van der Waals surface area contributed by atoms with Gasteiger partial charge in [0.1, 0.15) is 11.6 Å². The van der Waals surface area contributed by atoms with E-state index in [0.717, 1.165) is 28.2 Å². The van der Waals surface area contributed by atoms with Crippen LogP contribution in [0, 0.1) is 18.7 Å². The normalized spacial score (nSPS) is 15.2. The van der Waals surface area contributed by atoms with Gasteiger partial charge in [0, 0.05) is 17.1 Å². The highest BCUT2D eigenvalue weighted by molar-refractivity contribution is 5.90. The zero-order valence-electron chi connectivity index (χ0n) is 14.4. The van der Waals surface area contributed by atoms with Gasteiger partial charge in [0.2, 0.25) is 5.95 Å². The molecule has 4 nitrogen and oxygen atoms in total. The predicted octanol–water partition coefficient (Wildman–Crippen LogP) is 5.03. The van der Waals surface area contributed by atoms with E-state index in [0.29, 0.717) is 17.7 Å². The van der Waals surface area contributed by atoms with Crippen molar-refractivity contribution < 1.29 is 4.39 Å². The molecule has 0 saturated heterocycles. The van der Waals surface area contributed by atoms with Crippen molar-refractivity contribution in [2.24, 2.45) is 5.92 Å². The quantitative estimate of drug-likeness (QED) is 0.686. The molecule has 0 unspecified atom stereocenters. The highest BCUT2D eigenvalue weighted by Gasteiger charge is 2.28. The van der Waals surface area contributed by atoms with Gasteiger partial charge in [-0.05, 0) is 68.5 Å². The molecular formula is C20H21FN4. The first-order valence-corrected chi connectivity index (χ1v) is 8.66. The number of nitrogens with zero attached hydrogens (tertiary/aromatic N) is 2. The van der Waals surface area contributed by atoms with Gasteiger partial charge < -0.3 is 10.6 Å². The van der Waals surface area contributed by atoms with Crippen LogP contribution in [0.2, 0.25) is 0 Å². The van der Waals surface area contributed by atoms with Gasteiger partial charge in [-0.3, -0.25) is 0 Å². The second kappa shape index (κ2) is 6.31. The van der Waals surface area contributed by atoms with Crippen LogP contribution in [0.3, 0.4) is 0 Å². The van der Waals surface area contributed by atoms with Gasteiger partial charge in [-0.1, -0.05) is 12.1 Å². The molecule has 0 amide bonds. The fourth-order valence-electron chi connectivity index (χ4n) is 3.11. The molecule has 128 valence electrons. The van der Waals surface area contributed by atoms with Gasteiger partial charge >= 0.3 is 0 Å². The van der Waals surface area contributed by atoms with Crippen LogP contribution in [0.25, 0.3) is 10.9 Å². The standard InChI is InChI=1S/C20H21FN4/c1-12-9-15(21)11-16(10-12)23-20-24-18-6-4-3-5-17(18)19(25-20)22-13(2)14-7-8-14/h3-6,9-11,13-14H,7-8H2,1-2H3,(H2,22,23,24,25)/t13-/m1/s1. The summed E-state index contributed by atoms with van der Waals surface area (Å²) in [6, 6.07) is 13.1. The number of aromatic nitrogens is 2. The molecule has 1 aliphatic rings. The van der Waals surface area contributed by atoms with E-state index >= 15 is 0 Å². The number of aryl methyl sites for hydroxylation is 1. The second-order valence-corrected chi connectivity index (χ2v) is 6.83. The summed E-state index contributed by atoms with van der Waals surface area (Å²) in [6.07, 6.45) is 2.54. The summed E-state index contributed by atoms with van der Waals surface area (Å²) in [5, 5.41) is 7.66. The number of benzene rings is 2. The van der Waals surface area contributed by atoms with Crippen molar-refractivity contribution in [2.45, 2.75) is 32.7 Å². The lowest BCUT2D eigenvalue weighted by Gasteiger charge is -2.16. The first-order valence-electron chi connectivity index (χ1n) is 8.66. The van der Waals surface area contributed by atoms with Crippen LogP contribution in [0.5, 0.6) is 0 Å². The number of halogens is 1. The molecule has 3 aromatic rings. The zero-order valence-corrected chi connectivity index (χ0v) is 14.4. The van der Waals surface area contributed by atoms with E-state index in [1.807, 2.05) is 37.3 Å². The Morgan fingerprint density at radius 1 is 1.12 bits per heavy atom. The van der Waals surface area contributed by atoms with Crippen LogP contribution in [0.4, 0.5) is 21.8 Å². The van der Waals surface area contributed by atoms with Crippen molar-refractivity contribution in [1.29, 1.82) is 0 Å². The lowest BCUT2D eigenvalue weighted by atomic mass is 10.2. The third-order valence-electron chi connectivity index (χ3n) is 4.59. The van der Waals surface area contributed by atoms with Crippen LogP contribution >= 0.6 is 0 Å². The number of hydrogen-bond donors (Lipinski definition) is 2. The van der Waals surface area contributed by atoms with E-state index in [9.17, 15) is 4.39 Å². The molecule has 1 saturated carbocycles. The summed E-state index contributed by atoms with van der Waals surface area (Å²) in [6.45, 7) is 4.05. The van der Waals surface area contributed by atoms with Crippen molar-refractivity contribution in [3.8, 4) is 0 Å². The Kier molecular flexibility index (Phi) is 3.99. The maximum absolute atomic E-state index is 13.6. The van der Waals surface area contributed by atoms with Gasteiger partial charge in [-0.25, -0.2) is 9.37 Å². The molecular weight excluding hydrogens is 315 g/mol. The average Bonchev–Trinajstić information content (AvgIpc) is 3.39. The summed E-state index contributed by atoms with van der Waals surface area (Å²) in [4.78, 5) is 9.22. The molecule has 5 heteroatoms. The maximum Gasteiger partial charge on any atom is 0.229 e. The number of para-hydroxylation sites is 1. The maximum atomic E-state index is 13.6. The largest absolute Gasteiger partial charge is 0.367 e. The van der Waals surface area contributed by atoms with E-state index in [4.69, 9.17) is 0 Å². The molecule has 0 radical (unpaired) electrons. The summed E-state index contributed by atoms with van der Waals surface area (Å²) < 4.78 is 13.6. The monoisotopic (exact) mass is 336 g/mol.